The summed E-state index contributed by atoms with van der Waals surface area (Å²) in [6.45, 7) is 4.09. The van der Waals surface area contributed by atoms with Crippen LogP contribution in [-0.2, 0) is 4.79 Å². The van der Waals surface area contributed by atoms with Gasteiger partial charge in [0.1, 0.15) is 12.2 Å². The lowest BCUT2D eigenvalue weighted by Gasteiger charge is -2.27. The van der Waals surface area contributed by atoms with E-state index in [9.17, 15) is 25.2 Å². The standard InChI is InChI=1S/C66H131NO5/c1-3-5-7-9-11-13-15-17-19-21-23-24-25-26-27-28-29-30-31-32-33-34-35-36-37-38-39-40-41-42-44-46-48-50-52-54-56-58-60-64(70)66(72)67-62(61-68)65(71)63(69)59-57-55-53-51-49-47-45-43-22-20-18-16-14-12-10-8-6-4-2/h51,53,62-65,68-71H,3-50,52,54-61H2,1-2H3,(H,67,72)/b53-51+. The molecule has 72 heavy (non-hydrogen) atoms. The number of hydrogen-bond acceptors (Lipinski definition) is 5. The number of carbonyl (C=O) groups excluding carboxylic acids is 1. The number of aliphatic hydroxyl groups is 4. The van der Waals surface area contributed by atoms with E-state index < -0.39 is 36.9 Å². The van der Waals surface area contributed by atoms with Crippen LogP contribution in [0, 0.1) is 0 Å². The van der Waals surface area contributed by atoms with Crippen LogP contribution in [0.1, 0.15) is 373 Å². The molecule has 0 aromatic heterocycles. The van der Waals surface area contributed by atoms with Gasteiger partial charge in [0.25, 0.3) is 0 Å². The molecule has 0 bridgehead atoms. The van der Waals surface area contributed by atoms with E-state index in [2.05, 4.69) is 31.3 Å². The molecule has 0 radical (unpaired) electrons. The Morgan fingerprint density at radius 2 is 0.569 bits per heavy atom. The van der Waals surface area contributed by atoms with E-state index in [-0.39, 0.29) is 0 Å². The molecular weight excluding hydrogens is 887 g/mol. The van der Waals surface area contributed by atoms with Gasteiger partial charge in [0, 0.05) is 0 Å². The summed E-state index contributed by atoms with van der Waals surface area (Å²) in [5.74, 6) is -0.585. The van der Waals surface area contributed by atoms with Gasteiger partial charge < -0.3 is 25.7 Å². The molecule has 0 aliphatic rings. The van der Waals surface area contributed by atoms with Gasteiger partial charge >= 0.3 is 0 Å². The molecule has 0 saturated carbocycles. The highest BCUT2D eigenvalue weighted by Gasteiger charge is 2.28. The number of aliphatic hydroxyl groups excluding tert-OH is 4. The Hall–Kier alpha value is -0.950. The van der Waals surface area contributed by atoms with Crippen LogP contribution in [0.25, 0.3) is 0 Å². The second kappa shape index (κ2) is 60.9. The lowest BCUT2D eigenvalue weighted by atomic mass is 10.00. The maximum absolute atomic E-state index is 12.6. The first kappa shape index (κ1) is 71.0. The van der Waals surface area contributed by atoms with Crippen molar-refractivity contribution in [2.24, 2.45) is 0 Å². The summed E-state index contributed by atoms with van der Waals surface area (Å²) in [5.41, 5.74) is 0. The topological polar surface area (TPSA) is 110 Å². The number of carbonyl (C=O) groups is 1. The number of unbranched alkanes of at least 4 members (excludes halogenated alkanes) is 51. The summed E-state index contributed by atoms with van der Waals surface area (Å²) < 4.78 is 0. The number of nitrogens with one attached hydrogen (secondary N) is 1. The highest BCUT2D eigenvalue weighted by Crippen LogP contribution is 2.19. The molecule has 6 heteroatoms. The van der Waals surface area contributed by atoms with Crippen molar-refractivity contribution in [1.29, 1.82) is 0 Å². The number of amides is 1. The van der Waals surface area contributed by atoms with E-state index >= 15 is 0 Å². The molecule has 5 N–H and O–H groups in total. The van der Waals surface area contributed by atoms with E-state index in [1.165, 1.54) is 308 Å². The molecule has 0 aliphatic heterocycles. The first-order chi connectivity index (χ1) is 35.5. The third kappa shape index (κ3) is 53.9. The largest absolute Gasteiger partial charge is 0.394 e. The molecule has 0 aliphatic carbocycles. The molecule has 4 atom stereocenters. The average Bonchev–Trinajstić information content (AvgIpc) is 3.39. The van der Waals surface area contributed by atoms with Crippen molar-refractivity contribution in [3.8, 4) is 0 Å². The normalized spacial score (nSPS) is 13.6. The van der Waals surface area contributed by atoms with Crippen LogP contribution in [0.2, 0.25) is 0 Å². The summed E-state index contributed by atoms with van der Waals surface area (Å²) in [6.07, 6.45) is 74.8. The molecule has 0 heterocycles. The summed E-state index contributed by atoms with van der Waals surface area (Å²) >= 11 is 0. The van der Waals surface area contributed by atoms with Crippen molar-refractivity contribution in [3.05, 3.63) is 12.2 Å². The van der Waals surface area contributed by atoms with Gasteiger partial charge in [0.15, 0.2) is 0 Å². The van der Waals surface area contributed by atoms with E-state index in [0.29, 0.717) is 12.8 Å². The van der Waals surface area contributed by atoms with Crippen LogP contribution >= 0.6 is 0 Å². The van der Waals surface area contributed by atoms with Gasteiger partial charge in [-0.3, -0.25) is 4.79 Å². The molecule has 0 saturated heterocycles. The molecule has 0 aromatic rings. The van der Waals surface area contributed by atoms with Gasteiger partial charge in [-0.2, -0.15) is 0 Å². The van der Waals surface area contributed by atoms with E-state index in [4.69, 9.17) is 0 Å². The molecule has 0 aromatic carbocycles. The minimum atomic E-state index is -1.28. The Morgan fingerprint density at radius 3 is 0.833 bits per heavy atom. The first-order valence-corrected chi connectivity index (χ1v) is 33.1. The fraction of sp³-hybridized carbons (Fsp3) is 0.955. The number of allylic oxidation sites excluding steroid dienone is 2. The summed E-state index contributed by atoms with van der Waals surface area (Å²) in [6, 6.07) is -0.999. The molecule has 0 fully saturated rings. The summed E-state index contributed by atoms with van der Waals surface area (Å²) in [7, 11) is 0. The Morgan fingerprint density at radius 1 is 0.333 bits per heavy atom. The van der Waals surface area contributed by atoms with Gasteiger partial charge in [0.2, 0.25) is 5.91 Å². The van der Waals surface area contributed by atoms with E-state index in [1.54, 1.807) is 0 Å². The van der Waals surface area contributed by atoms with Crippen molar-refractivity contribution in [1.82, 2.24) is 5.32 Å². The third-order valence-corrected chi connectivity index (χ3v) is 16.0. The Bertz CT molecular complexity index is 1050. The zero-order valence-corrected chi connectivity index (χ0v) is 49.0. The zero-order valence-electron chi connectivity index (χ0n) is 49.0. The van der Waals surface area contributed by atoms with Crippen molar-refractivity contribution in [3.63, 3.8) is 0 Å². The third-order valence-electron chi connectivity index (χ3n) is 16.0. The van der Waals surface area contributed by atoms with Crippen LogP contribution in [0.3, 0.4) is 0 Å². The quantitative estimate of drug-likeness (QED) is 0.0308. The second-order valence-electron chi connectivity index (χ2n) is 23.2. The summed E-state index contributed by atoms with van der Waals surface area (Å²) in [5, 5.41) is 44.0. The molecule has 6 nitrogen and oxygen atoms in total. The smallest absolute Gasteiger partial charge is 0.249 e. The number of rotatable bonds is 62. The van der Waals surface area contributed by atoms with Crippen LogP contribution in [0.15, 0.2) is 12.2 Å². The van der Waals surface area contributed by atoms with Gasteiger partial charge in [0.05, 0.1) is 18.8 Å². The molecule has 4 unspecified atom stereocenters. The van der Waals surface area contributed by atoms with Gasteiger partial charge in [-0.25, -0.2) is 0 Å². The Balaban J connectivity index is 3.49. The van der Waals surface area contributed by atoms with Gasteiger partial charge in [-0.05, 0) is 38.5 Å². The van der Waals surface area contributed by atoms with Crippen molar-refractivity contribution < 1.29 is 25.2 Å². The van der Waals surface area contributed by atoms with E-state index in [1.807, 2.05) is 0 Å². The maximum atomic E-state index is 12.6. The van der Waals surface area contributed by atoms with Gasteiger partial charge in [-0.1, -0.05) is 347 Å². The summed E-state index contributed by atoms with van der Waals surface area (Å²) in [4.78, 5) is 12.6. The zero-order chi connectivity index (χ0) is 52.3. The lowest BCUT2D eigenvalue weighted by molar-refractivity contribution is -0.132. The monoisotopic (exact) mass is 1020 g/mol. The predicted octanol–water partition coefficient (Wildman–Crippen LogP) is 20.0. The Kier molecular flexibility index (Phi) is 60.1. The lowest BCUT2D eigenvalue weighted by Crippen LogP contribution is -2.53. The predicted molar refractivity (Wildman–Crippen MR) is 316 cm³/mol. The van der Waals surface area contributed by atoms with Crippen LogP contribution in [-0.4, -0.2) is 57.3 Å². The molecule has 0 spiro atoms. The maximum Gasteiger partial charge on any atom is 0.249 e. The first-order valence-electron chi connectivity index (χ1n) is 33.1. The minimum Gasteiger partial charge on any atom is -0.394 e. The minimum absolute atomic E-state index is 0.369. The highest BCUT2D eigenvalue weighted by atomic mass is 16.3. The van der Waals surface area contributed by atoms with Crippen molar-refractivity contribution >= 4 is 5.91 Å². The second-order valence-corrected chi connectivity index (χ2v) is 23.2. The fourth-order valence-electron chi connectivity index (χ4n) is 10.8. The van der Waals surface area contributed by atoms with Crippen LogP contribution in [0.5, 0.6) is 0 Å². The van der Waals surface area contributed by atoms with Crippen molar-refractivity contribution in [2.45, 2.75) is 398 Å². The molecule has 430 valence electrons. The van der Waals surface area contributed by atoms with E-state index in [0.717, 1.165) is 38.5 Å². The SMILES string of the molecule is CCCCCCCCCCCCCCC/C=C/CCCC(O)C(O)C(CO)NC(=O)C(O)CCCCCCCCCCCCCCCCCCCCCCCCCCCCCCCCCCCCCCCC. The fourth-order valence-corrected chi connectivity index (χ4v) is 10.8. The van der Waals surface area contributed by atoms with Crippen LogP contribution < -0.4 is 5.32 Å². The molecular formula is C66H131NO5. The Labute approximate surface area is 451 Å². The van der Waals surface area contributed by atoms with Gasteiger partial charge in [-0.15, -0.1) is 0 Å². The highest BCUT2D eigenvalue weighted by molar-refractivity contribution is 5.80. The number of hydrogen-bond donors (Lipinski definition) is 5. The molecule has 1 amide bonds. The van der Waals surface area contributed by atoms with Crippen LogP contribution in [0.4, 0.5) is 0 Å². The average molecular weight is 1020 g/mol. The van der Waals surface area contributed by atoms with Crippen molar-refractivity contribution in [2.75, 3.05) is 6.61 Å². The molecule has 0 rings (SSSR count).